The minimum absolute atomic E-state index is 0.0439. The number of phenols is 1. The van der Waals surface area contributed by atoms with Crippen LogP contribution in [0, 0.1) is 0 Å². The van der Waals surface area contributed by atoms with Crippen molar-refractivity contribution in [3.63, 3.8) is 0 Å². The number of benzene rings is 1. The SMILES string of the molecule is CS(=O)(=O)Nc1ccc(O)c(-c2ccc(C3CC3N)cn2)c1. The van der Waals surface area contributed by atoms with Gasteiger partial charge in [0, 0.05) is 29.4 Å². The zero-order chi connectivity index (χ0) is 15.9. The van der Waals surface area contributed by atoms with Crippen LogP contribution in [0.25, 0.3) is 11.3 Å². The first kappa shape index (κ1) is 14.8. The lowest BCUT2D eigenvalue weighted by molar-refractivity contribution is 0.477. The minimum Gasteiger partial charge on any atom is -0.507 e. The van der Waals surface area contributed by atoms with Crippen LogP contribution in [-0.4, -0.2) is 30.8 Å². The van der Waals surface area contributed by atoms with Crippen molar-refractivity contribution in [3.8, 4) is 17.0 Å². The van der Waals surface area contributed by atoms with Crippen molar-refractivity contribution in [3.05, 3.63) is 42.1 Å². The van der Waals surface area contributed by atoms with Crippen molar-refractivity contribution < 1.29 is 13.5 Å². The summed E-state index contributed by atoms with van der Waals surface area (Å²) in [5.74, 6) is 0.413. The summed E-state index contributed by atoms with van der Waals surface area (Å²) in [6, 6.07) is 8.45. The van der Waals surface area contributed by atoms with Crippen molar-refractivity contribution in [2.45, 2.75) is 18.4 Å². The zero-order valence-corrected chi connectivity index (χ0v) is 12.8. The number of pyridine rings is 1. The Hall–Kier alpha value is -2.12. The van der Waals surface area contributed by atoms with E-state index in [-0.39, 0.29) is 11.8 Å². The smallest absolute Gasteiger partial charge is 0.229 e. The molecule has 116 valence electrons. The van der Waals surface area contributed by atoms with Crippen LogP contribution >= 0.6 is 0 Å². The summed E-state index contributed by atoms with van der Waals surface area (Å²) >= 11 is 0. The van der Waals surface area contributed by atoms with Gasteiger partial charge in [-0.05, 0) is 36.2 Å². The molecule has 1 aromatic carbocycles. The molecule has 22 heavy (non-hydrogen) atoms. The number of hydrogen-bond acceptors (Lipinski definition) is 5. The number of anilines is 1. The van der Waals surface area contributed by atoms with Crippen LogP contribution in [0.4, 0.5) is 5.69 Å². The summed E-state index contributed by atoms with van der Waals surface area (Å²) in [6.07, 6.45) is 3.80. The maximum Gasteiger partial charge on any atom is 0.229 e. The van der Waals surface area contributed by atoms with Gasteiger partial charge in [-0.15, -0.1) is 0 Å². The lowest BCUT2D eigenvalue weighted by Crippen LogP contribution is -2.09. The van der Waals surface area contributed by atoms with Crippen molar-refractivity contribution in [1.82, 2.24) is 4.98 Å². The fraction of sp³-hybridized carbons (Fsp3) is 0.267. The second-order valence-corrected chi connectivity index (χ2v) is 7.34. The van der Waals surface area contributed by atoms with Crippen LogP contribution in [0.2, 0.25) is 0 Å². The Labute approximate surface area is 129 Å². The van der Waals surface area contributed by atoms with E-state index in [2.05, 4.69) is 9.71 Å². The van der Waals surface area contributed by atoms with Gasteiger partial charge in [0.15, 0.2) is 0 Å². The topological polar surface area (TPSA) is 105 Å². The van der Waals surface area contributed by atoms with Crippen LogP contribution < -0.4 is 10.5 Å². The van der Waals surface area contributed by atoms with Crippen LogP contribution in [0.1, 0.15) is 17.9 Å². The monoisotopic (exact) mass is 319 g/mol. The number of nitrogens with zero attached hydrogens (tertiary/aromatic N) is 1. The first-order valence-corrected chi connectivity index (χ1v) is 8.75. The average molecular weight is 319 g/mol. The van der Waals surface area contributed by atoms with E-state index in [0.717, 1.165) is 18.2 Å². The maximum absolute atomic E-state index is 11.3. The molecule has 0 saturated heterocycles. The molecular weight excluding hydrogens is 302 g/mol. The van der Waals surface area contributed by atoms with E-state index in [1.807, 2.05) is 6.07 Å². The van der Waals surface area contributed by atoms with Gasteiger partial charge in [-0.25, -0.2) is 8.42 Å². The molecule has 2 atom stereocenters. The Morgan fingerprint density at radius 2 is 2.05 bits per heavy atom. The summed E-state index contributed by atoms with van der Waals surface area (Å²) < 4.78 is 25.0. The molecule has 4 N–H and O–H groups in total. The quantitative estimate of drug-likeness (QED) is 0.743. The van der Waals surface area contributed by atoms with E-state index < -0.39 is 10.0 Å². The summed E-state index contributed by atoms with van der Waals surface area (Å²) in [7, 11) is -3.37. The van der Waals surface area contributed by atoms with E-state index in [1.54, 1.807) is 18.3 Å². The van der Waals surface area contributed by atoms with Crippen molar-refractivity contribution in [2.24, 2.45) is 5.73 Å². The predicted octanol–water partition coefficient (Wildman–Crippen LogP) is 1.64. The summed E-state index contributed by atoms with van der Waals surface area (Å²) in [5, 5.41) is 9.98. The van der Waals surface area contributed by atoms with Gasteiger partial charge in [-0.2, -0.15) is 0 Å². The van der Waals surface area contributed by atoms with Gasteiger partial charge >= 0.3 is 0 Å². The second kappa shape index (κ2) is 5.26. The van der Waals surface area contributed by atoms with Crippen LogP contribution in [0.5, 0.6) is 5.75 Å². The van der Waals surface area contributed by atoms with Crippen molar-refractivity contribution >= 4 is 15.7 Å². The largest absolute Gasteiger partial charge is 0.507 e. The van der Waals surface area contributed by atoms with Crippen molar-refractivity contribution in [2.75, 3.05) is 11.0 Å². The molecule has 2 aromatic rings. The van der Waals surface area contributed by atoms with Crippen molar-refractivity contribution in [1.29, 1.82) is 0 Å². The zero-order valence-electron chi connectivity index (χ0n) is 12.0. The normalized spacial score (nSPS) is 20.6. The number of phenolic OH excluding ortho intramolecular Hbond substituents is 1. The van der Waals surface area contributed by atoms with Gasteiger partial charge in [0.1, 0.15) is 5.75 Å². The third-order valence-corrected chi connectivity index (χ3v) is 4.24. The van der Waals surface area contributed by atoms with Gasteiger partial charge in [-0.1, -0.05) is 6.07 Å². The molecule has 6 nitrogen and oxygen atoms in total. The number of nitrogens with one attached hydrogen (secondary N) is 1. The van der Waals surface area contributed by atoms with Crippen LogP contribution in [-0.2, 0) is 10.0 Å². The van der Waals surface area contributed by atoms with Crippen LogP contribution in [0.15, 0.2) is 36.5 Å². The minimum atomic E-state index is -3.37. The van der Waals surface area contributed by atoms with Gasteiger partial charge in [0.05, 0.1) is 11.9 Å². The third kappa shape index (κ3) is 3.20. The highest BCUT2D eigenvalue weighted by molar-refractivity contribution is 7.92. The molecular formula is C15H17N3O3S. The van der Waals surface area contributed by atoms with Gasteiger partial charge in [0.25, 0.3) is 0 Å². The molecule has 1 saturated carbocycles. The Bertz CT molecular complexity index is 803. The summed E-state index contributed by atoms with van der Waals surface area (Å²) in [6.45, 7) is 0. The number of aromatic nitrogens is 1. The molecule has 1 aliphatic rings. The molecule has 0 amide bonds. The molecule has 1 aliphatic carbocycles. The summed E-state index contributed by atoms with van der Waals surface area (Å²) in [4.78, 5) is 4.35. The standard InChI is InChI=1S/C15H17N3O3S/c1-22(20,21)18-10-3-5-15(19)12(6-10)14-4-2-9(8-17-14)11-7-13(11)16/h2-6,8,11,13,18-19H,7,16H2,1H3. The molecule has 1 aromatic heterocycles. The summed E-state index contributed by atoms with van der Waals surface area (Å²) in [5.41, 5.74) is 8.33. The van der Waals surface area contributed by atoms with Crippen LogP contribution in [0.3, 0.4) is 0 Å². The maximum atomic E-state index is 11.3. The highest BCUT2D eigenvalue weighted by Crippen LogP contribution is 2.39. The second-order valence-electron chi connectivity index (χ2n) is 5.59. The van der Waals surface area contributed by atoms with E-state index in [0.29, 0.717) is 22.9 Å². The molecule has 3 rings (SSSR count). The van der Waals surface area contributed by atoms with E-state index in [4.69, 9.17) is 5.73 Å². The average Bonchev–Trinajstić information content (AvgIpc) is 3.17. The Morgan fingerprint density at radius 3 is 2.59 bits per heavy atom. The number of rotatable bonds is 4. The fourth-order valence-electron chi connectivity index (χ4n) is 2.40. The van der Waals surface area contributed by atoms with Gasteiger partial charge in [0.2, 0.25) is 10.0 Å². The Morgan fingerprint density at radius 1 is 1.32 bits per heavy atom. The number of nitrogens with two attached hydrogens (primary N) is 1. The van der Waals surface area contributed by atoms with Gasteiger partial charge < -0.3 is 10.8 Å². The first-order chi connectivity index (χ1) is 10.3. The lowest BCUT2D eigenvalue weighted by atomic mass is 10.1. The predicted molar refractivity (Wildman–Crippen MR) is 85.1 cm³/mol. The molecule has 1 heterocycles. The van der Waals surface area contributed by atoms with Gasteiger partial charge in [-0.3, -0.25) is 9.71 Å². The molecule has 1 fully saturated rings. The molecule has 0 radical (unpaired) electrons. The highest BCUT2D eigenvalue weighted by atomic mass is 32.2. The van der Waals surface area contributed by atoms with E-state index in [1.165, 1.54) is 12.1 Å². The molecule has 0 bridgehead atoms. The Kier molecular flexibility index (Phi) is 3.54. The molecule has 0 aliphatic heterocycles. The Balaban J connectivity index is 1.91. The fourth-order valence-corrected chi connectivity index (χ4v) is 2.96. The highest BCUT2D eigenvalue weighted by Gasteiger charge is 2.34. The number of sulfonamides is 1. The van der Waals surface area contributed by atoms with E-state index >= 15 is 0 Å². The number of aromatic hydroxyl groups is 1. The molecule has 0 spiro atoms. The molecule has 2 unspecified atom stereocenters. The first-order valence-electron chi connectivity index (χ1n) is 6.86. The molecule has 7 heteroatoms. The lowest BCUT2D eigenvalue weighted by Gasteiger charge is -2.09. The third-order valence-electron chi connectivity index (χ3n) is 3.63. The number of hydrogen-bond donors (Lipinski definition) is 3. The van der Waals surface area contributed by atoms with E-state index in [9.17, 15) is 13.5 Å².